The molecule has 2 aromatic carbocycles. The number of fused-ring (bicyclic) bond motifs is 6. The van der Waals surface area contributed by atoms with Crippen molar-refractivity contribution in [2.45, 2.75) is 97.1 Å². The van der Waals surface area contributed by atoms with E-state index in [-0.39, 0.29) is 34.9 Å². The zero-order chi connectivity index (χ0) is 38.0. The fourth-order valence-electron chi connectivity index (χ4n) is 10.7. The number of hydrogen-bond donors (Lipinski definition) is 2. The molecule has 5 heterocycles. The molecule has 11 heteroatoms. The summed E-state index contributed by atoms with van der Waals surface area (Å²) in [5.41, 5.74) is 4.16. The van der Waals surface area contributed by atoms with Crippen molar-refractivity contribution in [2.24, 2.45) is 29.1 Å². The van der Waals surface area contributed by atoms with E-state index in [9.17, 15) is 14.4 Å². The average molecular weight is 744 g/mol. The number of nitrogens with zero attached hydrogens (tertiary/aromatic N) is 5. The number of methoxy groups -OCH3 is 1. The molecule has 3 saturated carbocycles. The third-order valence-corrected chi connectivity index (χ3v) is 13.2. The minimum Gasteiger partial charge on any atom is -0.494 e. The monoisotopic (exact) mass is 743 g/mol. The molecule has 2 amide bonds. The Labute approximate surface area is 322 Å². The molecule has 3 saturated heterocycles. The normalized spacial score (nSPS) is 27.2. The molecule has 6 aliphatic rings. The lowest BCUT2D eigenvalue weighted by molar-refractivity contribution is -0.140. The summed E-state index contributed by atoms with van der Waals surface area (Å²) in [5, 5.41) is 7.08. The molecule has 288 valence electrons. The van der Waals surface area contributed by atoms with Crippen LogP contribution >= 0.6 is 0 Å². The number of aromatic nitrogens is 3. The van der Waals surface area contributed by atoms with Crippen LogP contribution in [0.4, 0.5) is 23.0 Å². The van der Waals surface area contributed by atoms with Crippen molar-refractivity contribution < 1.29 is 14.3 Å². The van der Waals surface area contributed by atoms with E-state index in [2.05, 4.69) is 51.4 Å². The zero-order valence-electron chi connectivity index (χ0n) is 32.5. The number of rotatable bonds is 9. The van der Waals surface area contributed by atoms with Gasteiger partial charge in [0.25, 0.3) is 5.56 Å². The highest BCUT2D eigenvalue weighted by molar-refractivity contribution is 5.94. The number of ether oxygens (including phenoxy) is 1. The topological polar surface area (TPSA) is 122 Å². The molecule has 0 radical (unpaired) electrons. The number of piperazine rings is 1. The van der Waals surface area contributed by atoms with E-state index in [0.29, 0.717) is 46.7 Å². The predicted molar refractivity (Wildman–Crippen MR) is 215 cm³/mol. The van der Waals surface area contributed by atoms with Crippen LogP contribution in [0.1, 0.15) is 83.6 Å². The molecule has 2 N–H and O–H groups in total. The number of carbonyl (C=O) groups is 2. The van der Waals surface area contributed by atoms with Gasteiger partial charge in [-0.25, -0.2) is 4.98 Å². The molecule has 4 bridgehead atoms. The Kier molecular flexibility index (Phi) is 9.09. The van der Waals surface area contributed by atoms with Crippen LogP contribution in [0, 0.1) is 36.0 Å². The van der Waals surface area contributed by atoms with Gasteiger partial charge in [-0.1, -0.05) is 19.9 Å². The SMILES string of the molecule is COc1cc(N2CC3CCC2CN3C(=O)CC2(C)CC3CC(C)CC(C3)C2)ccc1Nc1ncc2c(C)cc(=O)n(-c3cccc(NC(=O)C4CC4)c3)c2n1. The fraction of sp³-hybridized carbons (Fsp3) is 0.523. The Morgan fingerprint density at radius 2 is 1.73 bits per heavy atom. The molecule has 3 aliphatic carbocycles. The Hall–Kier alpha value is -4.93. The first-order valence-corrected chi connectivity index (χ1v) is 20.3. The van der Waals surface area contributed by atoms with E-state index in [1.54, 1.807) is 30.0 Å². The number of amides is 2. The van der Waals surface area contributed by atoms with Gasteiger partial charge in [-0.2, -0.15) is 4.98 Å². The lowest BCUT2D eigenvalue weighted by Crippen LogP contribution is -2.64. The minimum absolute atomic E-state index is 0.00701. The number of anilines is 4. The summed E-state index contributed by atoms with van der Waals surface area (Å²) < 4.78 is 7.47. The lowest BCUT2D eigenvalue weighted by Gasteiger charge is -2.53. The van der Waals surface area contributed by atoms with E-state index in [4.69, 9.17) is 9.72 Å². The lowest BCUT2D eigenvalue weighted by atomic mass is 9.58. The van der Waals surface area contributed by atoms with Crippen LogP contribution in [0.2, 0.25) is 0 Å². The highest BCUT2D eigenvalue weighted by Crippen LogP contribution is 2.52. The maximum atomic E-state index is 13.9. The number of benzene rings is 2. The zero-order valence-corrected chi connectivity index (χ0v) is 32.5. The molecule has 6 fully saturated rings. The third kappa shape index (κ3) is 7.06. The number of nitrogens with one attached hydrogen (secondary N) is 2. The third-order valence-electron chi connectivity index (χ3n) is 13.2. The van der Waals surface area contributed by atoms with E-state index in [1.807, 2.05) is 31.2 Å². The number of carbonyl (C=O) groups excluding carboxylic acids is 2. The Balaban J connectivity index is 0.917. The van der Waals surface area contributed by atoms with E-state index in [1.165, 1.54) is 32.1 Å². The van der Waals surface area contributed by atoms with Crippen LogP contribution < -0.4 is 25.8 Å². The largest absolute Gasteiger partial charge is 0.494 e. The number of piperidine rings is 2. The van der Waals surface area contributed by atoms with Crippen LogP contribution in [0.3, 0.4) is 0 Å². The average Bonchev–Trinajstić information content (AvgIpc) is 4.01. The summed E-state index contributed by atoms with van der Waals surface area (Å²) in [6.45, 7) is 8.26. The van der Waals surface area contributed by atoms with Gasteiger partial charge < -0.3 is 25.2 Å². The molecule has 0 spiro atoms. The molecule has 3 aliphatic heterocycles. The number of aryl methyl sites for hydroxylation is 1. The van der Waals surface area contributed by atoms with Gasteiger partial charge in [0.1, 0.15) is 5.75 Å². The smallest absolute Gasteiger partial charge is 0.257 e. The number of pyridine rings is 1. The molecule has 2 aromatic heterocycles. The van der Waals surface area contributed by atoms with Crippen LogP contribution in [-0.2, 0) is 9.59 Å². The molecule has 4 atom stereocenters. The van der Waals surface area contributed by atoms with Crippen LogP contribution in [-0.4, -0.2) is 63.5 Å². The van der Waals surface area contributed by atoms with Gasteiger partial charge in [-0.05, 0) is 124 Å². The second-order valence-electron chi connectivity index (χ2n) is 17.8. The Bertz CT molecular complexity index is 2200. The van der Waals surface area contributed by atoms with Crippen molar-refractivity contribution >= 4 is 45.9 Å². The summed E-state index contributed by atoms with van der Waals surface area (Å²) in [5.74, 6) is 3.81. The Morgan fingerprint density at radius 3 is 2.45 bits per heavy atom. The molecular weight excluding hydrogens is 691 g/mol. The van der Waals surface area contributed by atoms with Crippen molar-refractivity contribution in [3.05, 3.63) is 70.6 Å². The molecule has 4 aromatic rings. The summed E-state index contributed by atoms with van der Waals surface area (Å²) in [4.78, 5) is 54.0. The van der Waals surface area contributed by atoms with Gasteiger partial charge in [0.05, 0.1) is 18.5 Å². The van der Waals surface area contributed by atoms with Crippen LogP contribution in [0.5, 0.6) is 5.75 Å². The summed E-state index contributed by atoms with van der Waals surface area (Å²) in [7, 11) is 1.66. The first-order valence-electron chi connectivity index (χ1n) is 20.3. The first kappa shape index (κ1) is 35.8. The summed E-state index contributed by atoms with van der Waals surface area (Å²) in [6.07, 6.45) is 12.8. The maximum absolute atomic E-state index is 13.9. The van der Waals surface area contributed by atoms with E-state index < -0.39 is 0 Å². The molecule has 10 rings (SSSR count). The van der Waals surface area contributed by atoms with Gasteiger partial charge in [0.2, 0.25) is 17.8 Å². The van der Waals surface area contributed by atoms with Gasteiger partial charge in [-0.3, -0.25) is 19.0 Å². The second kappa shape index (κ2) is 14.0. The predicted octanol–water partition coefficient (Wildman–Crippen LogP) is 7.61. The quantitative estimate of drug-likeness (QED) is 0.180. The van der Waals surface area contributed by atoms with Crippen molar-refractivity contribution in [3.8, 4) is 11.4 Å². The molecule has 11 nitrogen and oxygen atoms in total. The minimum atomic E-state index is -0.224. The van der Waals surface area contributed by atoms with Crippen LogP contribution in [0.25, 0.3) is 16.7 Å². The van der Waals surface area contributed by atoms with Gasteiger partial charge in [0, 0.05) is 72.6 Å². The number of hydrogen-bond acceptors (Lipinski definition) is 8. The van der Waals surface area contributed by atoms with Crippen molar-refractivity contribution in [1.82, 2.24) is 19.4 Å². The van der Waals surface area contributed by atoms with E-state index in [0.717, 1.165) is 73.2 Å². The standard InChI is InChI=1S/C44H53N7O4/c1-26-14-28-17-29(15-26)21-44(3,20-28)22-40(53)50-25-34-10-11-35(50)24-49(34)32-12-13-37(38(19-32)55-4)47-43-45-23-36-27(2)16-39(52)51(41(36)48-43)33-7-5-6-31(18-33)46-42(54)30-8-9-30/h5-7,12-13,16,18-19,23,26,28-30,34-35H,8-11,14-15,17,20-22,24-25H2,1-4H3,(H,46,54)(H,45,47,48). The Morgan fingerprint density at radius 1 is 0.945 bits per heavy atom. The fourth-order valence-corrected chi connectivity index (χ4v) is 10.7. The van der Waals surface area contributed by atoms with Crippen molar-refractivity contribution in [1.29, 1.82) is 0 Å². The van der Waals surface area contributed by atoms with Gasteiger partial charge in [-0.15, -0.1) is 0 Å². The van der Waals surface area contributed by atoms with Gasteiger partial charge >= 0.3 is 0 Å². The van der Waals surface area contributed by atoms with E-state index >= 15 is 0 Å². The summed E-state index contributed by atoms with van der Waals surface area (Å²) >= 11 is 0. The maximum Gasteiger partial charge on any atom is 0.257 e. The van der Waals surface area contributed by atoms with Crippen LogP contribution in [0.15, 0.2) is 59.5 Å². The summed E-state index contributed by atoms with van der Waals surface area (Å²) in [6, 6.07) is 15.5. The first-order chi connectivity index (χ1) is 26.5. The highest BCUT2D eigenvalue weighted by Gasteiger charge is 2.46. The van der Waals surface area contributed by atoms with Gasteiger partial charge in [0.15, 0.2) is 5.65 Å². The molecule has 55 heavy (non-hydrogen) atoms. The highest BCUT2D eigenvalue weighted by atomic mass is 16.5. The van der Waals surface area contributed by atoms with Crippen molar-refractivity contribution in [2.75, 3.05) is 35.7 Å². The van der Waals surface area contributed by atoms with Crippen molar-refractivity contribution in [3.63, 3.8) is 0 Å². The second-order valence-corrected chi connectivity index (χ2v) is 17.8. The molecular formula is C44H53N7O4. The molecule has 4 unspecified atom stereocenters.